The second-order valence-electron chi connectivity index (χ2n) is 7.17. The lowest BCUT2D eigenvalue weighted by atomic mass is 10.1. The molecule has 8 heteroatoms. The first-order valence-corrected chi connectivity index (χ1v) is 10.1. The van der Waals surface area contributed by atoms with Crippen LogP contribution in [0.2, 0.25) is 0 Å². The quantitative estimate of drug-likeness (QED) is 0.210. The Bertz CT molecular complexity index is 413. The van der Waals surface area contributed by atoms with Crippen molar-refractivity contribution in [1.29, 1.82) is 0 Å². The lowest BCUT2D eigenvalue weighted by Crippen LogP contribution is -2.50. The number of nitrogens with zero attached hydrogens (tertiary/aromatic N) is 3. The Kier molecular flexibility index (Phi) is 15.7. The van der Waals surface area contributed by atoms with Crippen molar-refractivity contribution in [3.8, 4) is 0 Å². The molecule has 1 amide bonds. The minimum Gasteiger partial charge on any atom is -0.450 e. The van der Waals surface area contributed by atoms with E-state index < -0.39 is 0 Å². The summed E-state index contributed by atoms with van der Waals surface area (Å²) in [7, 11) is 6.07. The zero-order chi connectivity index (χ0) is 19.2. The summed E-state index contributed by atoms with van der Waals surface area (Å²) < 4.78 is 5.06. The highest BCUT2D eigenvalue weighted by atomic mass is 127. The van der Waals surface area contributed by atoms with Gasteiger partial charge >= 0.3 is 6.09 Å². The molecule has 1 aliphatic rings. The molecule has 0 aromatic rings. The Morgan fingerprint density at radius 3 is 2.37 bits per heavy atom. The van der Waals surface area contributed by atoms with Crippen LogP contribution in [0, 0.1) is 0 Å². The molecule has 1 saturated heterocycles. The molecular formula is C19H40IN5O2. The van der Waals surface area contributed by atoms with Crippen LogP contribution in [0.15, 0.2) is 4.99 Å². The van der Waals surface area contributed by atoms with Gasteiger partial charge in [0.1, 0.15) is 0 Å². The van der Waals surface area contributed by atoms with Gasteiger partial charge < -0.3 is 25.2 Å². The summed E-state index contributed by atoms with van der Waals surface area (Å²) in [5.74, 6) is 0.868. The zero-order valence-corrected chi connectivity index (χ0v) is 20.0. The van der Waals surface area contributed by atoms with Crippen LogP contribution < -0.4 is 10.6 Å². The number of hydrogen-bond acceptors (Lipinski definition) is 4. The maximum atomic E-state index is 11.7. The van der Waals surface area contributed by atoms with Crippen molar-refractivity contribution in [3.05, 3.63) is 0 Å². The van der Waals surface area contributed by atoms with E-state index in [1.807, 2.05) is 14.0 Å². The van der Waals surface area contributed by atoms with Crippen molar-refractivity contribution in [2.45, 2.75) is 57.9 Å². The highest BCUT2D eigenvalue weighted by Gasteiger charge is 2.23. The van der Waals surface area contributed by atoms with Crippen LogP contribution in [-0.4, -0.2) is 81.8 Å². The van der Waals surface area contributed by atoms with Crippen molar-refractivity contribution in [1.82, 2.24) is 20.4 Å². The number of hydrogen-bond donors (Lipinski definition) is 2. The Labute approximate surface area is 182 Å². The van der Waals surface area contributed by atoms with Crippen molar-refractivity contribution in [2.24, 2.45) is 4.99 Å². The summed E-state index contributed by atoms with van der Waals surface area (Å²) in [4.78, 5) is 20.1. The van der Waals surface area contributed by atoms with Gasteiger partial charge in [-0.15, -0.1) is 24.0 Å². The molecular weight excluding hydrogens is 457 g/mol. The lowest BCUT2D eigenvalue weighted by molar-refractivity contribution is 0.0963. The smallest absolute Gasteiger partial charge is 0.409 e. The predicted octanol–water partition coefficient (Wildman–Crippen LogP) is 2.90. The maximum absolute atomic E-state index is 11.7. The molecule has 27 heavy (non-hydrogen) atoms. The van der Waals surface area contributed by atoms with E-state index >= 15 is 0 Å². The van der Waals surface area contributed by atoms with Gasteiger partial charge in [-0.25, -0.2) is 4.79 Å². The Morgan fingerprint density at radius 2 is 1.78 bits per heavy atom. The number of guanidine groups is 1. The summed E-state index contributed by atoms with van der Waals surface area (Å²) >= 11 is 0. The molecule has 160 valence electrons. The van der Waals surface area contributed by atoms with E-state index in [1.165, 1.54) is 38.6 Å². The van der Waals surface area contributed by atoms with Crippen molar-refractivity contribution in [2.75, 3.05) is 53.9 Å². The van der Waals surface area contributed by atoms with E-state index in [-0.39, 0.29) is 30.1 Å². The standard InChI is InChI=1S/C19H39N5O2.HI/c1-5-26-19(25)24-15-11-17(12-16-24)22-18(20-2)21-13-9-7-6-8-10-14-23(3)4;/h17H,5-16H2,1-4H3,(H2,20,21,22);1H. The minimum atomic E-state index is -0.195. The van der Waals surface area contributed by atoms with Crippen LogP contribution in [0.1, 0.15) is 51.9 Å². The molecule has 0 aliphatic carbocycles. The topological polar surface area (TPSA) is 69.2 Å². The van der Waals surface area contributed by atoms with E-state index in [9.17, 15) is 4.79 Å². The highest BCUT2D eigenvalue weighted by molar-refractivity contribution is 14.0. The van der Waals surface area contributed by atoms with Crippen LogP contribution >= 0.6 is 24.0 Å². The predicted molar refractivity (Wildman–Crippen MR) is 123 cm³/mol. The van der Waals surface area contributed by atoms with Gasteiger partial charge in [-0.1, -0.05) is 19.3 Å². The Balaban J connectivity index is 0.00000676. The van der Waals surface area contributed by atoms with Gasteiger partial charge in [0.2, 0.25) is 0 Å². The Morgan fingerprint density at radius 1 is 1.15 bits per heavy atom. The first-order chi connectivity index (χ1) is 12.6. The molecule has 0 radical (unpaired) electrons. The summed E-state index contributed by atoms with van der Waals surface area (Å²) in [6.07, 6.45) is 7.97. The first-order valence-electron chi connectivity index (χ1n) is 10.1. The van der Waals surface area contributed by atoms with Gasteiger partial charge in [0.15, 0.2) is 5.96 Å². The maximum Gasteiger partial charge on any atom is 0.409 e. The molecule has 0 saturated carbocycles. The number of nitrogens with one attached hydrogen (secondary N) is 2. The van der Waals surface area contributed by atoms with Gasteiger partial charge in [-0.3, -0.25) is 4.99 Å². The van der Waals surface area contributed by atoms with Gasteiger partial charge in [-0.2, -0.15) is 0 Å². The average molecular weight is 497 g/mol. The SMILES string of the molecule is CCOC(=O)N1CCC(NC(=NC)NCCCCCCCN(C)C)CC1.I. The largest absolute Gasteiger partial charge is 0.450 e. The van der Waals surface area contributed by atoms with Crippen molar-refractivity contribution >= 4 is 36.0 Å². The third-order valence-corrected chi connectivity index (χ3v) is 4.66. The van der Waals surface area contributed by atoms with E-state index in [0.29, 0.717) is 12.6 Å². The number of rotatable bonds is 10. The normalized spacial score (nSPS) is 15.4. The summed E-state index contributed by atoms with van der Waals surface area (Å²) in [6.45, 7) is 5.88. The molecule has 7 nitrogen and oxygen atoms in total. The van der Waals surface area contributed by atoms with Gasteiger partial charge in [0.25, 0.3) is 0 Å². The molecule has 0 spiro atoms. The number of aliphatic imine (C=N–C) groups is 1. The second kappa shape index (κ2) is 16.2. The molecule has 1 heterocycles. The number of ether oxygens (including phenoxy) is 1. The van der Waals surface area contributed by atoms with Gasteiger partial charge in [0, 0.05) is 32.7 Å². The van der Waals surface area contributed by atoms with Crippen LogP contribution in [0.25, 0.3) is 0 Å². The van der Waals surface area contributed by atoms with Crippen LogP contribution in [0.3, 0.4) is 0 Å². The molecule has 1 aliphatic heterocycles. The van der Waals surface area contributed by atoms with Gasteiger partial charge in [0.05, 0.1) is 6.61 Å². The van der Waals surface area contributed by atoms with Crippen LogP contribution in [0.4, 0.5) is 4.79 Å². The molecule has 0 bridgehead atoms. The number of amides is 1. The number of carbonyl (C=O) groups excluding carboxylic acids is 1. The molecule has 0 atom stereocenters. The van der Waals surface area contributed by atoms with Crippen molar-refractivity contribution in [3.63, 3.8) is 0 Å². The number of carbonyl (C=O) groups is 1. The van der Waals surface area contributed by atoms with Crippen molar-refractivity contribution < 1.29 is 9.53 Å². The number of piperidine rings is 1. The highest BCUT2D eigenvalue weighted by Crippen LogP contribution is 2.11. The van der Waals surface area contributed by atoms with E-state index in [1.54, 1.807) is 4.90 Å². The number of halogens is 1. The second-order valence-corrected chi connectivity index (χ2v) is 7.17. The zero-order valence-electron chi connectivity index (χ0n) is 17.6. The molecule has 2 N–H and O–H groups in total. The first kappa shape index (κ1) is 26.2. The molecule has 1 rings (SSSR count). The molecule has 0 aromatic heterocycles. The fourth-order valence-corrected chi connectivity index (χ4v) is 3.10. The fraction of sp³-hybridized carbons (Fsp3) is 0.895. The van der Waals surface area contributed by atoms with E-state index in [2.05, 4.69) is 34.6 Å². The van der Waals surface area contributed by atoms with Crippen LogP contribution in [-0.2, 0) is 4.74 Å². The third-order valence-electron chi connectivity index (χ3n) is 4.66. The van der Waals surface area contributed by atoms with Crippen LogP contribution in [0.5, 0.6) is 0 Å². The average Bonchev–Trinajstić information content (AvgIpc) is 2.63. The summed E-state index contributed by atoms with van der Waals surface area (Å²) in [5.41, 5.74) is 0. The number of unbranched alkanes of at least 4 members (excludes halogenated alkanes) is 4. The number of likely N-dealkylation sites (tertiary alicyclic amines) is 1. The molecule has 1 fully saturated rings. The lowest BCUT2D eigenvalue weighted by Gasteiger charge is -2.32. The van der Waals surface area contributed by atoms with E-state index in [4.69, 9.17) is 4.74 Å². The summed E-state index contributed by atoms with van der Waals surface area (Å²) in [6, 6.07) is 0.359. The monoisotopic (exact) mass is 497 g/mol. The molecule has 0 aromatic carbocycles. The Hall–Kier alpha value is -0.770. The fourth-order valence-electron chi connectivity index (χ4n) is 3.10. The minimum absolute atomic E-state index is 0. The van der Waals surface area contributed by atoms with Gasteiger partial charge in [-0.05, 0) is 53.2 Å². The third kappa shape index (κ3) is 12.3. The van der Waals surface area contributed by atoms with E-state index in [0.717, 1.165) is 38.4 Å². The summed E-state index contributed by atoms with van der Waals surface area (Å²) in [5, 5.41) is 6.88. The molecule has 0 unspecified atom stereocenters.